The van der Waals surface area contributed by atoms with Crippen molar-refractivity contribution in [1.82, 2.24) is 15.3 Å². The summed E-state index contributed by atoms with van der Waals surface area (Å²) < 4.78 is 5.67. The summed E-state index contributed by atoms with van der Waals surface area (Å²) in [6.45, 7) is 0.606. The van der Waals surface area contributed by atoms with Crippen LogP contribution >= 0.6 is 23.2 Å². The first-order valence-electron chi connectivity index (χ1n) is 5.27. The lowest BCUT2D eigenvalue weighted by Crippen LogP contribution is -2.07. The molecule has 4 nitrogen and oxygen atoms in total. The van der Waals surface area contributed by atoms with E-state index in [4.69, 9.17) is 27.9 Å². The largest absolute Gasteiger partial charge is 0.437 e. The van der Waals surface area contributed by atoms with Crippen molar-refractivity contribution in [2.45, 2.75) is 6.54 Å². The molecule has 1 N–H and O–H groups in total. The van der Waals surface area contributed by atoms with E-state index in [1.54, 1.807) is 24.4 Å². The summed E-state index contributed by atoms with van der Waals surface area (Å²) in [5.41, 5.74) is 0.844. The first-order chi connectivity index (χ1) is 8.72. The molecule has 94 valence electrons. The summed E-state index contributed by atoms with van der Waals surface area (Å²) in [7, 11) is 1.84. The van der Waals surface area contributed by atoms with Crippen LogP contribution in [0.15, 0.2) is 30.7 Å². The Kier molecular flexibility index (Phi) is 4.36. The summed E-state index contributed by atoms with van der Waals surface area (Å²) >= 11 is 12.0. The molecule has 0 amide bonds. The molecule has 1 aromatic heterocycles. The molecule has 0 aliphatic rings. The van der Waals surface area contributed by atoms with Gasteiger partial charge in [0.2, 0.25) is 5.88 Å². The van der Waals surface area contributed by atoms with Gasteiger partial charge < -0.3 is 10.1 Å². The number of nitrogens with one attached hydrogen (secondary N) is 1. The van der Waals surface area contributed by atoms with E-state index in [2.05, 4.69) is 15.3 Å². The maximum atomic E-state index is 6.06. The minimum atomic E-state index is 0.369. The standard InChI is InChI=1S/C12H11Cl2N3O/c1-15-5-8-6-16-7-17-12(8)18-10-4-2-3-9(13)11(10)14/h2-4,6-7,15H,5H2,1H3. The molecule has 0 saturated carbocycles. The van der Waals surface area contributed by atoms with Crippen LogP contribution in [0.25, 0.3) is 0 Å². The van der Waals surface area contributed by atoms with Crippen molar-refractivity contribution in [2.75, 3.05) is 7.05 Å². The molecule has 0 atom stereocenters. The average molecular weight is 284 g/mol. The van der Waals surface area contributed by atoms with E-state index in [1.165, 1.54) is 6.33 Å². The van der Waals surface area contributed by atoms with Gasteiger partial charge in [0, 0.05) is 18.3 Å². The van der Waals surface area contributed by atoms with Gasteiger partial charge >= 0.3 is 0 Å². The number of hydrogen-bond donors (Lipinski definition) is 1. The van der Waals surface area contributed by atoms with Gasteiger partial charge in [-0.1, -0.05) is 29.3 Å². The van der Waals surface area contributed by atoms with E-state index >= 15 is 0 Å². The molecule has 0 unspecified atom stereocenters. The molecule has 1 heterocycles. The first kappa shape index (κ1) is 13.1. The molecular formula is C12H11Cl2N3O. The third kappa shape index (κ3) is 2.90. The molecule has 1 aromatic carbocycles. The van der Waals surface area contributed by atoms with E-state index in [0.717, 1.165) is 5.56 Å². The lowest BCUT2D eigenvalue weighted by molar-refractivity contribution is 0.452. The number of rotatable bonds is 4. The predicted octanol–water partition coefficient (Wildman–Crippen LogP) is 3.30. The topological polar surface area (TPSA) is 47.0 Å². The molecule has 0 spiro atoms. The minimum Gasteiger partial charge on any atom is -0.437 e. The number of nitrogens with zero attached hydrogens (tertiary/aromatic N) is 2. The third-order valence-electron chi connectivity index (χ3n) is 2.24. The predicted molar refractivity (Wildman–Crippen MR) is 71.3 cm³/mol. The molecule has 0 aliphatic heterocycles. The Morgan fingerprint density at radius 3 is 2.94 bits per heavy atom. The zero-order valence-electron chi connectivity index (χ0n) is 9.65. The van der Waals surface area contributed by atoms with Crippen LogP contribution < -0.4 is 10.1 Å². The Morgan fingerprint density at radius 1 is 1.33 bits per heavy atom. The number of halogens is 2. The summed E-state index contributed by atoms with van der Waals surface area (Å²) in [6, 6.07) is 5.20. The van der Waals surface area contributed by atoms with Gasteiger partial charge in [-0.3, -0.25) is 0 Å². The van der Waals surface area contributed by atoms with Crippen molar-refractivity contribution in [3.8, 4) is 11.6 Å². The van der Waals surface area contributed by atoms with E-state index < -0.39 is 0 Å². The van der Waals surface area contributed by atoms with Crippen LogP contribution in [0.5, 0.6) is 11.6 Å². The van der Waals surface area contributed by atoms with Gasteiger partial charge in [-0.2, -0.15) is 0 Å². The molecule has 2 aromatic rings. The van der Waals surface area contributed by atoms with Crippen LogP contribution in [0.1, 0.15) is 5.56 Å². The Labute approximate surface area is 115 Å². The van der Waals surface area contributed by atoms with Crippen molar-refractivity contribution >= 4 is 23.2 Å². The average Bonchev–Trinajstić information content (AvgIpc) is 2.37. The molecule has 0 aliphatic carbocycles. The van der Waals surface area contributed by atoms with Crippen molar-refractivity contribution in [1.29, 1.82) is 0 Å². The van der Waals surface area contributed by atoms with Crippen LogP contribution in [-0.2, 0) is 6.54 Å². The highest BCUT2D eigenvalue weighted by Crippen LogP contribution is 2.34. The summed E-state index contributed by atoms with van der Waals surface area (Å²) in [5, 5.41) is 3.83. The Bertz CT molecular complexity index is 549. The lowest BCUT2D eigenvalue weighted by Gasteiger charge is -2.10. The van der Waals surface area contributed by atoms with Crippen LogP contribution in [0.3, 0.4) is 0 Å². The molecule has 18 heavy (non-hydrogen) atoms. The highest BCUT2D eigenvalue weighted by molar-refractivity contribution is 6.42. The highest BCUT2D eigenvalue weighted by Gasteiger charge is 2.10. The molecule has 0 saturated heterocycles. The number of ether oxygens (including phenoxy) is 1. The molecular weight excluding hydrogens is 273 g/mol. The Morgan fingerprint density at radius 2 is 2.17 bits per heavy atom. The summed E-state index contributed by atoms with van der Waals surface area (Å²) in [6.07, 6.45) is 3.12. The lowest BCUT2D eigenvalue weighted by atomic mass is 10.3. The van der Waals surface area contributed by atoms with Crippen LogP contribution in [0.2, 0.25) is 10.0 Å². The van der Waals surface area contributed by atoms with Crippen molar-refractivity contribution in [3.05, 3.63) is 46.3 Å². The van der Waals surface area contributed by atoms with Crippen LogP contribution in [-0.4, -0.2) is 17.0 Å². The maximum absolute atomic E-state index is 6.06. The zero-order chi connectivity index (χ0) is 13.0. The van der Waals surface area contributed by atoms with E-state index in [1.807, 2.05) is 7.05 Å². The van der Waals surface area contributed by atoms with Crippen molar-refractivity contribution < 1.29 is 4.74 Å². The van der Waals surface area contributed by atoms with Crippen molar-refractivity contribution in [3.63, 3.8) is 0 Å². The minimum absolute atomic E-state index is 0.369. The van der Waals surface area contributed by atoms with Gasteiger partial charge in [0.25, 0.3) is 0 Å². The van der Waals surface area contributed by atoms with Gasteiger partial charge in [0.15, 0.2) is 0 Å². The molecule has 2 rings (SSSR count). The summed E-state index contributed by atoms with van der Waals surface area (Å²) in [5.74, 6) is 0.934. The molecule has 0 radical (unpaired) electrons. The Hall–Kier alpha value is -1.36. The van der Waals surface area contributed by atoms with Gasteiger partial charge in [0.05, 0.1) is 5.02 Å². The van der Waals surface area contributed by atoms with E-state index in [0.29, 0.717) is 28.2 Å². The molecule has 0 fully saturated rings. The fraction of sp³-hybridized carbons (Fsp3) is 0.167. The van der Waals surface area contributed by atoms with E-state index in [9.17, 15) is 0 Å². The number of benzene rings is 1. The third-order valence-corrected chi connectivity index (χ3v) is 3.04. The zero-order valence-corrected chi connectivity index (χ0v) is 11.2. The fourth-order valence-corrected chi connectivity index (χ4v) is 1.75. The SMILES string of the molecule is CNCc1cncnc1Oc1cccc(Cl)c1Cl. The molecule has 6 heteroatoms. The Balaban J connectivity index is 2.31. The quantitative estimate of drug-likeness (QED) is 0.935. The van der Waals surface area contributed by atoms with Crippen molar-refractivity contribution in [2.24, 2.45) is 0 Å². The normalized spacial score (nSPS) is 10.4. The van der Waals surface area contributed by atoms with Gasteiger partial charge in [-0.05, 0) is 19.2 Å². The second-order valence-electron chi connectivity index (χ2n) is 3.54. The molecule has 0 bridgehead atoms. The smallest absolute Gasteiger partial charge is 0.226 e. The van der Waals surface area contributed by atoms with E-state index in [-0.39, 0.29) is 0 Å². The number of aromatic nitrogens is 2. The number of hydrogen-bond acceptors (Lipinski definition) is 4. The van der Waals surface area contributed by atoms with Crippen LogP contribution in [0.4, 0.5) is 0 Å². The van der Waals surface area contributed by atoms with Gasteiger partial charge in [-0.25, -0.2) is 9.97 Å². The second-order valence-corrected chi connectivity index (χ2v) is 4.32. The second kappa shape index (κ2) is 6.00. The van der Waals surface area contributed by atoms with Gasteiger partial charge in [0.1, 0.15) is 17.1 Å². The fourth-order valence-electron chi connectivity index (χ4n) is 1.42. The summed E-state index contributed by atoms with van der Waals surface area (Å²) in [4.78, 5) is 8.04. The maximum Gasteiger partial charge on any atom is 0.226 e. The first-order valence-corrected chi connectivity index (χ1v) is 6.03. The monoisotopic (exact) mass is 283 g/mol. The van der Waals surface area contributed by atoms with Crippen LogP contribution in [0, 0.1) is 0 Å². The van der Waals surface area contributed by atoms with Gasteiger partial charge in [-0.15, -0.1) is 0 Å². The highest BCUT2D eigenvalue weighted by atomic mass is 35.5.